The molecule has 3 heterocycles. The third kappa shape index (κ3) is 3.76. The van der Waals surface area contributed by atoms with E-state index in [1.165, 1.54) is 4.57 Å². The van der Waals surface area contributed by atoms with Crippen molar-refractivity contribution in [2.24, 2.45) is 0 Å². The monoisotopic (exact) mass is 364 g/mol. The fraction of sp³-hybridized carbons (Fsp3) is 0.250. The lowest BCUT2D eigenvalue weighted by molar-refractivity contribution is 0.102. The first-order valence-electron chi connectivity index (χ1n) is 8.66. The summed E-state index contributed by atoms with van der Waals surface area (Å²) in [7, 11) is 0. The molecule has 0 aromatic carbocycles. The predicted molar refractivity (Wildman–Crippen MR) is 101 cm³/mol. The van der Waals surface area contributed by atoms with Crippen LogP contribution < -0.4 is 11.2 Å². The number of nitrogens with zero attached hydrogens (tertiary/aromatic N) is 3. The van der Waals surface area contributed by atoms with Gasteiger partial charge in [-0.05, 0) is 50.1 Å². The number of aryl methyl sites for hydroxylation is 2. The predicted octanol–water partition coefficient (Wildman–Crippen LogP) is 1.79. The second kappa shape index (κ2) is 7.49. The minimum absolute atomic E-state index is 0.0643. The first-order valence-corrected chi connectivity index (χ1v) is 8.66. The van der Waals surface area contributed by atoms with Crippen molar-refractivity contribution in [3.8, 4) is 0 Å². The van der Waals surface area contributed by atoms with Gasteiger partial charge in [0.1, 0.15) is 11.4 Å². The number of carbonyl (C=O) groups excluding carboxylic acids is 1. The van der Waals surface area contributed by atoms with Crippen LogP contribution in [-0.4, -0.2) is 25.3 Å². The molecule has 0 saturated carbocycles. The van der Waals surface area contributed by atoms with Gasteiger partial charge in [0.2, 0.25) is 5.78 Å². The first-order chi connectivity index (χ1) is 12.9. The Bertz CT molecular complexity index is 1090. The van der Waals surface area contributed by atoms with Gasteiger partial charge in [-0.1, -0.05) is 13.0 Å². The molecule has 1 N–H and O–H groups in total. The van der Waals surface area contributed by atoms with Gasteiger partial charge in [-0.2, -0.15) is 0 Å². The van der Waals surface area contributed by atoms with E-state index in [2.05, 4.69) is 15.0 Å². The highest BCUT2D eigenvalue weighted by Gasteiger charge is 2.23. The van der Waals surface area contributed by atoms with Crippen molar-refractivity contribution in [3.05, 3.63) is 91.3 Å². The molecule has 3 aromatic heterocycles. The quantitative estimate of drug-likeness (QED) is 0.696. The summed E-state index contributed by atoms with van der Waals surface area (Å²) >= 11 is 0. The van der Waals surface area contributed by atoms with E-state index >= 15 is 0 Å². The maximum Gasteiger partial charge on any atom is 0.329 e. The van der Waals surface area contributed by atoms with Crippen LogP contribution in [0.2, 0.25) is 0 Å². The normalized spacial score (nSPS) is 10.8. The number of hydrogen-bond donors (Lipinski definition) is 1. The summed E-state index contributed by atoms with van der Waals surface area (Å²) in [6.07, 6.45) is 1.92. The molecule has 3 rings (SSSR count). The van der Waals surface area contributed by atoms with Crippen molar-refractivity contribution >= 4 is 5.78 Å². The van der Waals surface area contributed by atoms with E-state index in [0.29, 0.717) is 17.8 Å². The number of carbonyl (C=O) groups is 1. The van der Waals surface area contributed by atoms with Gasteiger partial charge in [-0.25, -0.2) is 9.78 Å². The van der Waals surface area contributed by atoms with Crippen LogP contribution in [0.25, 0.3) is 0 Å². The molecule has 27 heavy (non-hydrogen) atoms. The van der Waals surface area contributed by atoms with Crippen LogP contribution >= 0.6 is 0 Å². The van der Waals surface area contributed by atoms with Crippen LogP contribution in [0.3, 0.4) is 0 Å². The Morgan fingerprint density at radius 1 is 1.19 bits per heavy atom. The third-order valence-electron chi connectivity index (χ3n) is 4.24. The van der Waals surface area contributed by atoms with E-state index in [0.717, 1.165) is 5.56 Å². The molecule has 7 heteroatoms. The van der Waals surface area contributed by atoms with Crippen LogP contribution in [-0.2, 0) is 13.0 Å². The van der Waals surface area contributed by atoms with Crippen molar-refractivity contribution in [2.45, 2.75) is 33.7 Å². The molecule has 0 aliphatic rings. The van der Waals surface area contributed by atoms with Gasteiger partial charge in [0.15, 0.2) is 0 Å². The smallest absolute Gasteiger partial charge is 0.285 e. The second-order valence-corrected chi connectivity index (χ2v) is 6.35. The average molecular weight is 364 g/mol. The Labute approximate surface area is 155 Å². The topological polar surface area (TPSA) is 97.7 Å². The van der Waals surface area contributed by atoms with Gasteiger partial charge in [0.25, 0.3) is 5.56 Å². The molecule has 0 saturated heterocycles. The Balaban J connectivity index is 2.24. The van der Waals surface area contributed by atoms with Gasteiger partial charge >= 0.3 is 5.69 Å². The Hall–Kier alpha value is -3.35. The maximum absolute atomic E-state index is 13.3. The average Bonchev–Trinajstić information content (AvgIpc) is 2.63. The zero-order valence-electron chi connectivity index (χ0n) is 15.4. The van der Waals surface area contributed by atoms with Crippen molar-refractivity contribution in [2.75, 3.05) is 0 Å². The summed E-state index contributed by atoms with van der Waals surface area (Å²) < 4.78 is 1.27. The number of nitrogens with one attached hydrogen (secondary N) is 1. The fourth-order valence-electron chi connectivity index (χ4n) is 3.08. The number of pyridine rings is 2. The largest absolute Gasteiger partial charge is 0.329 e. The van der Waals surface area contributed by atoms with E-state index in [4.69, 9.17) is 0 Å². The Morgan fingerprint density at radius 2 is 1.96 bits per heavy atom. The molecule has 0 aliphatic carbocycles. The summed E-state index contributed by atoms with van der Waals surface area (Å²) in [4.78, 5) is 48.9. The zero-order chi connectivity index (χ0) is 19.6. The van der Waals surface area contributed by atoms with E-state index in [9.17, 15) is 14.4 Å². The van der Waals surface area contributed by atoms with Crippen LogP contribution in [0.1, 0.15) is 45.6 Å². The summed E-state index contributed by atoms with van der Waals surface area (Å²) in [5.41, 5.74) is 1.53. The summed E-state index contributed by atoms with van der Waals surface area (Å²) in [5.74, 6) is -0.446. The number of aromatic nitrogens is 4. The maximum atomic E-state index is 13.3. The van der Waals surface area contributed by atoms with Crippen molar-refractivity contribution < 1.29 is 4.79 Å². The molecule has 0 aliphatic heterocycles. The van der Waals surface area contributed by atoms with Gasteiger partial charge in [0.05, 0.1) is 12.2 Å². The summed E-state index contributed by atoms with van der Waals surface area (Å²) in [6.45, 7) is 5.51. The van der Waals surface area contributed by atoms with E-state index in [-0.39, 0.29) is 23.5 Å². The molecule has 3 aromatic rings. The first kappa shape index (κ1) is 18.4. The molecular weight excluding hydrogens is 344 g/mol. The zero-order valence-corrected chi connectivity index (χ0v) is 15.4. The highest BCUT2D eigenvalue weighted by atomic mass is 16.2. The van der Waals surface area contributed by atoms with Crippen molar-refractivity contribution in [1.82, 2.24) is 19.5 Å². The Morgan fingerprint density at radius 3 is 2.59 bits per heavy atom. The minimum Gasteiger partial charge on any atom is -0.285 e. The van der Waals surface area contributed by atoms with Gasteiger partial charge < -0.3 is 0 Å². The SMILES string of the molecule is CCc1c(C(=O)c2cc(C)cc(C)n2)n(Cc2ccccn2)c(=O)[nH]c1=O. The molecular formula is C20H20N4O3. The number of H-pyrrole nitrogens is 1. The van der Waals surface area contributed by atoms with E-state index in [1.54, 1.807) is 44.3 Å². The minimum atomic E-state index is -0.643. The highest BCUT2D eigenvalue weighted by molar-refractivity contribution is 6.07. The van der Waals surface area contributed by atoms with E-state index < -0.39 is 17.0 Å². The van der Waals surface area contributed by atoms with Gasteiger partial charge in [-0.3, -0.25) is 24.1 Å². The molecule has 0 radical (unpaired) electrons. The molecule has 0 unspecified atom stereocenters. The lowest BCUT2D eigenvalue weighted by Gasteiger charge is -2.14. The van der Waals surface area contributed by atoms with Crippen molar-refractivity contribution in [3.63, 3.8) is 0 Å². The number of hydrogen-bond acceptors (Lipinski definition) is 5. The van der Waals surface area contributed by atoms with Gasteiger partial charge in [0, 0.05) is 17.5 Å². The molecule has 0 fully saturated rings. The lowest BCUT2D eigenvalue weighted by Crippen LogP contribution is -2.38. The lowest BCUT2D eigenvalue weighted by atomic mass is 10.0. The summed E-state index contributed by atoms with van der Waals surface area (Å²) in [6, 6.07) is 8.84. The number of rotatable bonds is 5. The van der Waals surface area contributed by atoms with Crippen LogP contribution in [0, 0.1) is 13.8 Å². The molecule has 0 bridgehead atoms. The van der Waals surface area contributed by atoms with Crippen LogP contribution in [0.15, 0.2) is 46.1 Å². The Kier molecular flexibility index (Phi) is 5.12. The fourth-order valence-corrected chi connectivity index (χ4v) is 3.08. The van der Waals surface area contributed by atoms with E-state index in [1.807, 2.05) is 13.0 Å². The third-order valence-corrected chi connectivity index (χ3v) is 4.24. The highest BCUT2D eigenvalue weighted by Crippen LogP contribution is 2.14. The standard InChI is InChI=1S/C20H20N4O3/c1-4-15-17(18(25)16-10-12(2)9-13(3)22-16)24(20(27)23-19(15)26)11-14-7-5-6-8-21-14/h5-10H,4,11H2,1-3H3,(H,23,26,27). The number of aromatic amines is 1. The summed E-state index contributed by atoms with van der Waals surface area (Å²) in [5, 5.41) is 0. The van der Waals surface area contributed by atoms with Crippen LogP contribution in [0.4, 0.5) is 0 Å². The number of ketones is 1. The van der Waals surface area contributed by atoms with Gasteiger partial charge in [-0.15, -0.1) is 0 Å². The molecule has 138 valence electrons. The molecule has 0 spiro atoms. The van der Waals surface area contributed by atoms with Crippen molar-refractivity contribution in [1.29, 1.82) is 0 Å². The molecule has 0 atom stereocenters. The second-order valence-electron chi connectivity index (χ2n) is 6.35. The molecule has 7 nitrogen and oxygen atoms in total. The van der Waals surface area contributed by atoms with Crippen LogP contribution in [0.5, 0.6) is 0 Å². The molecule has 0 amide bonds.